The van der Waals surface area contributed by atoms with Crippen LogP contribution in [0, 0.1) is 0 Å². The molecule has 0 atom stereocenters. The fraction of sp³-hybridized carbons (Fsp3) is 0.100. The van der Waals surface area contributed by atoms with Crippen molar-refractivity contribution >= 4 is 47.2 Å². The van der Waals surface area contributed by atoms with Crippen LogP contribution in [0.2, 0.25) is 10.0 Å². The molecule has 0 unspecified atom stereocenters. The maximum absolute atomic E-state index is 11.7. The highest BCUT2D eigenvalue weighted by Crippen LogP contribution is 2.11. The normalized spacial score (nSPS) is 11.0. The van der Waals surface area contributed by atoms with E-state index in [1.807, 2.05) is 24.3 Å². The van der Waals surface area contributed by atoms with Gasteiger partial charge in [-0.3, -0.25) is 9.59 Å². The van der Waals surface area contributed by atoms with Crippen LogP contribution in [0.25, 0.3) is 12.2 Å². The Morgan fingerprint density at radius 1 is 0.692 bits per heavy atom. The molecule has 0 radical (unpaired) electrons. The number of hydrogen-bond acceptors (Lipinski definition) is 2. The van der Waals surface area contributed by atoms with E-state index in [1.54, 1.807) is 36.4 Å². The molecule has 4 nitrogen and oxygen atoms in total. The predicted octanol–water partition coefficient (Wildman–Crippen LogP) is 3.95. The van der Waals surface area contributed by atoms with Gasteiger partial charge in [0, 0.05) is 35.3 Å². The molecule has 2 aromatic carbocycles. The van der Waals surface area contributed by atoms with E-state index >= 15 is 0 Å². The Hall–Kier alpha value is -2.56. The molecule has 0 heterocycles. The standard InChI is InChI=1S/C20H18Cl2N2O2/c21-17-7-1-15(2-8-17)5-11-19(25)23-13-14-24-20(26)12-6-16-3-9-18(22)10-4-16/h1-12H,13-14H2,(H,23,25)(H,24,26)/b11-5+,12-6+. The van der Waals surface area contributed by atoms with Gasteiger partial charge in [0.15, 0.2) is 0 Å². The number of amides is 2. The summed E-state index contributed by atoms with van der Waals surface area (Å²) in [7, 11) is 0. The third kappa shape index (κ3) is 7.55. The van der Waals surface area contributed by atoms with E-state index in [9.17, 15) is 9.59 Å². The molecule has 0 aliphatic heterocycles. The summed E-state index contributed by atoms with van der Waals surface area (Å²) in [6.45, 7) is 0.675. The topological polar surface area (TPSA) is 58.2 Å². The SMILES string of the molecule is O=C(/C=C/c1ccc(Cl)cc1)NCCNC(=O)/C=C/c1ccc(Cl)cc1. The van der Waals surface area contributed by atoms with Gasteiger partial charge in [-0.05, 0) is 47.5 Å². The number of benzene rings is 2. The number of rotatable bonds is 7. The molecule has 0 fully saturated rings. The summed E-state index contributed by atoms with van der Waals surface area (Å²) in [5.41, 5.74) is 1.76. The van der Waals surface area contributed by atoms with Crippen LogP contribution in [0.15, 0.2) is 60.7 Å². The van der Waals surface area contributed by atoms with Crippen molar-refractivity contribution in [3.05, 3.63) is 81.9 Å². The molecule has 0 aliphatic rings. The van der Waals surface area contributed by atoms with Crippen LogP contribution >= 0.6 is 23.2 Å². The molecule has 0 aromatic heterocycles. The van der Waals surface area contributed by atoms with Gasteiger partial charge in [-0.25, -0.2) is 0 Å². The van der Waals surface area contributed by atoms with Crippen LogP contribution in [0.1, 0.15) is 11.1 Å². The molecule has 2 rings (SSSR count). The summed E-state index contributed by atoms with van der Waals surface area (Å²) in [4.78, 5) is 23.4. The molecule has 26 heavy (non-hydrogen) atoms. The molecule has 2 amide bonds. The largest absolute Gasteiger partial charge is 0.351 e. The second-order valence-corrected chi connectivity index (χ2v) is 6.22. The summed E-state index contributed by atoms with van der Waals surface area (Å²) in [5.74, 6) is -0.461. The first-order valence-corrected chi connectivity index (χ1v) is 8.71. The summed E-state index contributed by atoms with van der Waals surface area (Å²) in [6, 6.07) is 14.3. The molecule has 0 saturated heterocycles. The van der Waals surface area contributed by atoms with Crippen molar-refractivity contribution in [1.29, 1.82) is 0 Å². The van der Waals surface area contributed by atoms with Crippen LogP contribution in [-0.2, 0) is 9.59 Å². The van der Waals surface area contributed by atoms with Crippen LogP contribution in [-0.4, -0.2) is 24.9 Å². The Bertz CT molecular complexity index is 728. The van der Waals surface area contributed by atoms with Gasteiger partial charge < -0.3 is 10.6 Å². The van der Waals surface area contributed by atoms with E-state index in [0.717, 1.165) is 11.1 Å². The molecule has 0 saturated carbocycles. The van der Waals surface area contributed by atoms with Crippen molar-refractivity contribution in [1.82, 2.24) is 10.6 Å². The average Bonchev–Trinajstić information content (AvgIpc) is 2.64. The van der Waals surface area contributed by atoms with Crippen molar-refractivity contribution in [2.24, 2.45) is 0 Å². The fourth-order valence-corrected chi connectivity index (χ4v) is 2.23. The Labute approximate surface area is 162 Å². The van der Waals surface area contributed by atoms with E-state index in [0.29, 0.717) is 23.1 Å². The third-order valence-corrected chi connectivity index (χ3v) is 3.82. The smallest absolute Gasteiger partial charge is 0.244 e. The van der Waals surface area contributed by atoms with Gasteiger partial charge in [0.1, 0.15) is 0 Å². The minimum atomic E-state index is -0.231. The van der Waals surface area contributed by atoms with Gasteiger partial charge in [0.25, 0.3) is 0 Å². The van der Waals surface area contributed by atoms with E-state index in [1.165, 1.54) is 12.2 Å². The fourth-order valence-electron chi connectivity index (χ4n) is 1.98. The van der Waals surface area contributed by atoms with Gasteiger partial charge in [0.05, 0.1) is 0 Å². The molecule has 0 spiro atoms. The highest BCUT2D eigenvalue weighted by Gasteiger charge is 1.98. The number of hydrogen-bond donors (Lipinski definition) is 2. The highest BCUT2D eigenvalue weighted by molar-refractivity contribution is 6.30. The van der Waals surface area contributed by atoms with Crippen molar-refractivity contribution in [2.75, 3.05) is 13.1 Å². The van der Waals surface area contributed by atoms with Gasteiger partial charge in [0.2, 0.25) is 11.8 Å². The van der Waals surface area contributed by atoms with Crippen molar-refractivity contribution in [2.45, 2.75) is 0 Å². The first kappa shape index (κ1) is 19.8. The molecule has 2 N–H and O–H groups in total. The third-order valence-electron chi connectivity index (χ3n) is 3.32. The molecule has 0 aliphatic carbocycles. The average molecular weight is 389 g/mol. The van der Waals surface area contributed by atoms with Crippen LogP contribution in [0.3, 0.4) is 0 Å². The van der Waals surface area contributed by atoms with Gasteiger partial charge in [-0.1, -0.05) is 47.5 Å². The first-order valence-electron chi connectivity index (χ1n) is 7.96. The minimum absolute atomic E-state index is 0.231. The van der Waals surface area contributed by atoms with Gasteiger partial charge in [-0.15, -0.1) is 0 Å². The zero-order chi connectivity index (χ0) is 18.8. The minimum Gasteiger partial charge on any atom is -0.351 e. The van der Waals surface area contributed by atoms with Crippen molar-refractivity contribution < 1.29 is 9.59 Å². The lowest BCUT2D eigenvalue weighted by Crippen LogP contribution is -2.33. The van der Waals surface area contributed by atoms with E-state index in [4.69, 9.17) is 23.2 Å². The summed E-state index contributed by atoms with van der Waals surface area (Å²) >= 11 is 11.6. The van der Waals surface area contributed by atoms with Crippen molar-refractivity contribution in [3.8, 4) is 0 Å². The lowest BCUT2D eigenvalue weighted by atomic mass is 10.2. The Morgan fingerprint density at radius 3 is 1.38 bits per heavy atom. The molecular formula is C20H18Cl2N2O2. The first-order chi connectivity index (χ1) is 12.5. The van der Waals surface area contributed by atoms with E-state index < -0.39 is 0 Å². The summed E-state index contributed by atoms with van der Waals surface area (Å²) in [6.07, 6.45) is 6.26. The van der Waals surface area contributed by atoms with Crippen molar-refractivity contribution in [3.63, 3.8) is 0 Å². The summed E-state index contributed by atoms with van der Waals surface area (Å²) in [5, 5.41) is 6.68. The number of carbonyl (C=O) groups is 2. The molecule has 2 aromatic rings. The quantitative estimate of drug-likeness (QED) is 0.557. The maximum atomic E-state index is 11.7. The number of nitrogens with one attached hydrogen (secondary N) is 2. The van der Waals surface area contributed by atoms with Gasteiger partial charge in [-0.2, -0.15) is 0 Å². The molecular weight excluding hydrogens is 371 g/mol. The van der Waals surface area contributed by atoms with E-state index in [-0.39, 0.29) is 11.8 Å². The molecule has 0 bridgehead atoms. The van der Waals surface area contributed by atoms with Crippen LogP contribution in [0.5, 0.6) is 0 Å². The van der Waals surface area contributed by atoms with E-state index in [2.05, 4.69) is 10.6 Å². The molecule has 6 heteroatoms. The Balaban J connectivity index is 1.66. The number of halogens is 2. The monoisotopic (exact) mass is 388 g/mol. The van der Waals surface area contributed by atoms with Gasteiger partial charge >= 0.3 is 0 Å². The lowest BCUT2D eigenvalue weighted by molar-refractivity contribution is -0.118. The zero-order valence-corrected chi connectivity index (χ0v) is 15.4. The highest BCUT2D eigenvalue weighted by atomic mass is 35.5. The van der Waals surface area contributed by atoms with Crippen LogP contribution in [0.4, 0.5) is 0 Å². The second-order valence-electron chi connectivity index (χ2n) is 5.35. The Kier molecular flexibility index (Phi) is 7.93. The number of carbonyl (C=O) groups excluding carboxylic acids is 2. The summed E-state index contributed by atoms with van der Waals surface area (Å²) < 4.78 is 0. The second kappa shape index (κ2) is 10.4. The lowest BCUT2D eigenvalue weighted by Gasteiger charge is -2.03. The predicted molar refractivity (Wildman–Crippen MR) is 107 cm³/mol. The Morgan fingerprint density at radius 2 is 1.04 bits per heavy atom. The molecule has 134 valence electrons. The zero-order valence-electron chi connectivity index (χ0n) is 13.9. The maximum Gasteiger partial charge on any atom is 0.244 e. The van der Waals surface area contributed by atoms with Crippen LogP contribution < -0.4 is 10.6 Å².